The molecule has 1 atom stereocenters. The number of nitrogens with zero attached hydrogens (tertiary/aromatic N) is 2. The van der Waals surface area contributed by atoms with Crippen molar-refractivity contribution in [1.82, 2.24) is 10.2 Å². The number of benzene rings is 3. The van der Waals surface area contributed by atoms with Crippen molar-refractivity contribution in [3.05, 3.63) is 84.4 Å². The maximum Gasteiger partial charge on any atom is 0.264 e. The van der Waals surface area contributed by atoms with E-state index in [2.05, 4.69) is 5.32 Å². The molecular weight excluding hydrogens is 494 g/mol. The minimum atomic E-state index is -4.16. The van der Waals surface area contributed by atoms with E-state index in [9.17, 15) is 18.0 Å². The highest BCUT2D eigenvalue weighted by Crippen LogP contribution is 2.34. The van der Waals surface area contributed by atoms with E-state index in [1.807, 2.05) is 30.3 Å². The number of rotatable bonds is 11. The van der Waals surface area contributed by atoms with Gasteiger partial charge < -0.3 is 19.7 Å². The summed E-state index contributed by atoms with van der Waals surface area (Å²) in [6.07, 6.45) is 0. The van der Waals surface area contributed by atoms with Crippen LogP contribution in [0, 0.1) is 0 Å². The van der Waals surface area contributed by atoms with Crippen LogP contribution in [0.3, 0.4) is 0 Å². The number of nitrogens with one attached hydrogen (secondary N) is 1. The zero-order valence-corrected chi connectivity index (χ0v) is 22.1. The van der Waals surface area contributed by atoms with Crippen molar-refractivity contribution >= 4 is 27.5 Å². The molecule has 0 spiro atoms. The van der Waals surface area contributed by atoms with E-state index in [1.54, 1.807) is 37.3 Å². The fraction of sp³-hybridized carbons (Fsp3) is 0.259. The molecule has 196 valence electrons. The number of hydrogen-bond donors (Lipinski definition) is 1. The smallest absolute Gasteiger partial charge is 0.264 e. The van der Waals surface area contributed by atoms with Crippen molar-refractivity contribution in [3.63, 3.8) is 0 Å². The van der Waals surface area contributed by atoms with E-state index >= 15 is 0 Å². The maximum atomic E-state index is 13.8. The summed E-state index contributed by atoms with van der Waals surface area (Å²) >= 11 is 0. The van der Waals surface area contributed by atoms with E-state index in [1.165, 1.54) is 44.4 Å². The lowest BCUT2D eigenvalue weighted by Gasteiger charge is -2.32. The molecule has 9 nitrogen and oxygen atoms in total. The SMILES string of the molecule is CNC(=O)C(C)N(Cc1ccccc1)C(=O)CN(c1ccc(OC)c(OC)c1)S(=O)(=O)c1ccccc1. The number of methoxy groups -OCH3 is 2. The van der Waals surface area contributed by atoms with Gasteiger partial charge in [-0.1, -0.05) is 48.5 Å². The number of sulfonamides is 1. The van der Waals surface area contributed by atoms with Gasteiger partial charge in [-0.15, -0.1) is 0 Å². The van der Waals surface area contributed by atoms with Gasteiger partial charge in [0.15, 0.2) is 11.5 Å². The lowest BCUT2D eigenvalue weighted by Crippen LogP contribution is -2.50. The summed E-state index contributed by atoms with van der Waals surface area (Å²) in [6, 6.07) is 20.8. The Morgan fingerprint density at radius 1 is 0.892 bits per heavy atom. The van der Waals surface area contributed by atoms with Crippen LogP contribution in [0.2, 0.25) is 0 Å². The number of carbonyl (C=O) groups is 2. The van der Waals surface area contributed by atoms with Gasteiger partial charge >= 0.3 is 0 Å². The maximum absolute atomic E-state index is 13.8. The molecule has 1 N–H and O–H groups in total. The zero-order valence-electron chi connectivity index (χ0n) is 21.2. The molecule has 10 heteroatoms. The van der Waals surface area contributed by atoms with Crippen LogP contribution < -0.4 is 19.1 Å². The van der Waals surface area contributed by atoms with Crippen LogP contribution in [0.1, 0.15) is 12.5 Å². The molecule has 0 aromatic heterocycles. The van der Waals surface area contributed by atoms with Crippen molar-refractivity contribution in [1.29, 1.82) is 0 Å². The van der Waals surface area contributed by atoms with Gasteiger partial charge in [-0.05, 0) is 36.8 Å². The Morgan fingerprint density at radius 2 is 1.49 bits per heavy atom. The van der Waals surface area contributed by atoms with Crippen LogP contribution in [0.15, 0.2) is 83.8 Å². The Hall–Kier alpha value is -4.05. The Balaban J connectivity index is 2.07. The zero-order chi connectivity index (χ0) is 27.0. The number of hydrogen-bond acceptors (Lipinski definition) is 6. The minimum Gasteiger partial charge on any atom is -0.493 e. The van der Waals surface area contributed by atoms with Crippen molar-refractivity contribution < 1.29 is 27.5 Å². The monoisotopic (exact) mass is 525 g/mol. The molecule has 3 aromatic carbocycles. The quantitative estimate of drug-likeness (QED) is 0.413. The molecule has 3 rings (SSSR count). The molecule has 0 bridgehead atoms. The molecule has 3 aromatic rings. The van der Waals surface area contributed by atoms with Crippen LogP contribution in [-0.2, 0) is 26.2 Å². The van der Waals surface area contributed by atoms with Gasteiger partial charge in [-0.25, -0.2) is 8.42 Å². The highest BCUT2D eigenvalue weighted by molar-refractivity contribution is 7.92. The molecule has 0 radical (unpaired) electrons. The number of anilines is 1. The standard InChI is InChI=1S/C27H31N3O6S/c1-20(27(32)28-2)29(18-21-11-7-5-8-12-21)26(31)19-30(37(33,34)23-13-9-6-10-14-23)22-15-16-24(35-3)25(17-22)36-4/h5-17,20H,18-19H2,1-4H3,(H,28,32). The molecule has 0 fully saturated rings. The van der Waals surface area contributed by atoms with Crippen molar-refractivity contribution in [2.75, 3.05) is 32.1 Å². The molecule has 0 heterocycles. The minimum absolute atomic E-state index is 0.0199. The highest BCUT2D eigenvalue weighted by atomic mass is 32.2. The average molecular weight is 526 g/mol. The van der Waals surface area contributed by atoms with Gasteiger partial charge in [0.05, 0.1) is 24.8 Å². The average Bonchev–Trinajstić information content (AvgIpc) is 2.94. The fourth-order valence-corrected chi connectivity index (χ4v) is 5.23. The van der Waals surface area contributed by atoms with Gasteiger partial charge in [0.2, 0.25) is 11.8 Å². The summed E-state index contributed by atoms with van der Waals surface area (Å²) in [4.78, 5) is 27.6. The number of ether oxygens (including phenoxy) is 2. The molecule has 1 unspecified atom stereocenters. The number of amides is 2. The molecule has 0 saturated carbocycles. The number of carbonyl (C=O) groups excluding carboxylic acids is 2. The summed E-state index contributed by atoms with van der Waals surface area (Å²) < 4.78 is 39.2. The third-order valence-electron chi connectivity index (χ3n) is 5.87. The second-order valence-electron chi connectivity index (χ2n) is 8.16. The lowest BCUT2D eigenvalue weighted by molar-refractivity contribution is -0.139. The number of likely N-dealkylation sites (N-methyl/N-ethyl adjacent to an activating group) is 1. The topological polar surface area (TPSA) is 105 Å². The summed E-state index contributed by atoms with van der Waals surface area (Å²) in [7, 11) is 0.237. The molecule has 0 aliphatic rings. The Bertz CT molecular complexity index is 1320. The second kappa shape index (κ2) is 12.3. The van der Waals surface area contributed by atoms with E-state index in [4.69, 9.17) is 9.47 Å². The van der Waals surface area contributed by atoms with Crippen LogP contribution >= 0.6 is 0 Å². The molecular formula is C27H31N3O6S. The molecule has 2 amide bonds. The Kier molecular flexibility index (Phi) is 9.13. The second-order valence-corrected chi connectivity index (χ2v) is 10.0. The van der Waals surface area contributed by atoms with Crippen LogP contribution in [-0.4, -0.2) is 59.0 Å². The van der Waals surface area contributed by atoms with Crippen molar-refractivity contribution in [2.45, 2.75) is 24.4 Å². The van der Waals surface area contributed by atoms with Gasteiger partial charge in [0, 0.05) is 19.7 Å². The van der Waals surface area contributed by atoms with E-state index in [-0.39, 0.29) is 23.0 Å². The molecule has 37 heavy (non-hydrogen) atoms. The molecule has 0 aliphatic carbocycles. The third kappa shape index (κ3) is 6.39. The normalized spacial score (nSPS) is 11.8. The van der Waals surface area contributed by atoms with E-state index in [0.29, 0.717) is 11.5 Å². The first-order valence-corrected chi connectivity index (χ1v) is 13.0. The first-order chi connectivity index (χ1) is 17.7. The van der Waals surface area contributed by atoms with E-state index < -0.39 is 28.5 Å². The largest absolute Gasteiger partial charge is 0.493 e. The summed E-state index contributed by atoms with van der Waals surface area (Å²) in [5.74, 6) is -0.198. The van der Waals surface area contributed by atoms with Gasteiger partial charge in [0.25, 0.3) is 10.0 Å². The van der Waals surface area contributed by atoms with Crippen molar-refractivity contribution in [3.8, 4) is 11.5 Å². The Morgan fingerprint density at radius 3 is 2.05 bits per heavy atom. The van der Waals surface area contributed by atoms with Gasteiger partial charge in [0.1, 0.15) is 12.6 Å². The van der Waals surface area contributed by atoms with Gasteiger partial charge in [-0.2, -0.15) is 0 Å². The first-order valence-electron chi connectivity index (χ1n) is 11.6. The van der Waals surface area contributed by atoms with Crippen LogP contribution in [0.4, 0.5) is 5.69 Å². The van der Waals surface area contributed by atoms with Crippen molar-refractivity contribution in [2.24, 2.45) is 0 Å². The predicted octanol–water partition coefficient (Wildman–Crippen LogP) is 3.06. The van der Waals surface area contributed by atoms with Gasteiger partial charge in [-0.3, -0.25) is 13.9 Å². The lowest BCUT2D eigenvalue weighted by atomic mass is 10.1. The summed E-state index contributed by atoms with van der Waals surface area (Å²) in [5, 5.41) is 2.56. The van der Waals surface area contributed by atoms with Crippen LogP contribution in [0.25, 0.3) is 0 Å². The molecule has 0 saturated heterocycles. The fourth-order valence-electron chi connectivity index (χ4n) is 3.80. The van der Waals surface area contributed by atoms with E-state index in [0.717, 1.165) is 9.87 Å². The van der Waals surface area contributed by atoms with Crippen LogP contribution in [0.5, 0.6) is 11.5 Å². The summed E-state index contributed by atoms with van der Waals surface area (Å²) in [6.45, 7) is 1.19. The predicted molar refractivity (Wildman–Crippen MR) is 141 cm³/mol. The summed E-state index contributed by atoms with van der Waals surface area (Å²) in [5.41, 5.74) is 1.01. The first kappa shape index (κ1) is 27.5. The Labute approximate surface area is 217 Å². The highest BCUT2D eigenvalue weighted by Gasteiger charge is 2.32. The molecule has 0 aliphatic heterocycles. The third-order valence-corrected chi connectivity index (χ3v) is 7.66.